The molecule has 1 heterocycles. The second-order valence-corrected chi connectivity index (χ2v) is 10.8. The van der Waals surface area contributed by atoms with Crippen LogP contribution in [0.1, 0.15) is 86.0 Å². The van der Waals surface area contributed by atoms with Crippen LogP contribution in [0.3, 0.4) is 0 Å². The van der Waals surface area contributed by atoms with Gasteiger partial charge in [0.15, 0.2) is 5.82 Å². The van der Waals surface area contributed by atoms with Gasteiger partial charge in [-0.25, -0.2) is 4.99 Å². The molecule has 2 aromatic carbocycles. The number of allylic oxidation sites excluding steroid dienone is 1. The van der Waals surface area contributed by atoms with Crippen LogP contribution in [0.5, 0.6) is 0 Å². The lowest BCUT2D eigenvalue weighted by Crippen LogP contribution is -2.32. The van der Waals surface area contributed by atoms with Gasteiger partial charge in [-0.2, -0.15) is 0 Å². The first-order chi connectivity index (χ1) is 18.0. The summed E-state index contributed by atoms with van der Waals surface area (Å²) in [5, 5.41) is 11.4. The van der Waals surface area contributed by atoms with Gasteiger partial charge in [0.05, 0.1) is 12.5 Å². The Hall–Kier alpha value is -4.18. The van der Waals surface area contributed by atoms with E-state index in [1.807, 2.05) is 25.1 Å². The maximum atomic E-state index is 13.7. The summed E-state index contributed by atoms with van der Waals surface area (Å²) in [5.41, 5.74) is 9.72. The van der Waals surface area contributed by atoms with E-state index in [-0.39, 0.29) is 36.2 Å². The van der Waals surface area contributed by atoms with Gasteiger partial charge in [0.25, 0.3) is 11.8 Å². The molecule has 0 radical (unpaired) electrons. The number of nitrogens with zero attached hydrogens (tertiary/aromatic N) is 2. The van der Waals surface area contributed by atoms with E-state index < -0.39 is 5.97 Å². The van der Waals surface area contributed by atoms with Crippen LogP contribution in [0.25, 0.3) is 0 Å². The molecule has 7 heteroatoms. The monoisotopic (exact) mass is 511 g/mol. The molecule has 0 unspecified atom stereocenters. The zero-order valence-corrected chi connectivity index (χ0v) is 22.2. The van der Waals surface area contributed by atoms with E-state index in [1.165, 1.54) is 18.4 Å². The van der Waals surface area contributed by atoms with Crippen molar-refractivity contribution < 1.29 is 19.5 Å². The first kappa shape index (κ1) is 26.9. The fourth-order valence-electron chi connectivity index (χ4n) is 4.17. The fraction of sp³-hybridized carbons (Fsp3) is 0.355. The fourth-order valence-corrected chi connectivity index (χ4v) is 4.17. The molecule has 0 spiro atoms. The van der Waals surface area contributed by atoms with Crippen molar-refractivity contribution in [2.24, 2.45) is 10.4 Å². The number of aliphatic carboxylic acids is 1. The van der Waals surface area contributed by atoms with Crippen molar-refractivity contribution in [2.75, 3.05) is 6.54 Å². The number of aliphatic imine (C=N–C) groups is 1. The van der Waals surface area contributed by atoms with Crippen molar-refractivity contribution >= 4 is 23.5 Å². The van der Waals surface area contributed by atoms with Gasteiger partial charge in [0.2, 0.25) is 0 Å². The van der Waals surface area contributed by atoms with Crippen molar-refractivity contribution in [3.8, 4) is 0 Å². The molecule has 1 aliphatic carbocycles. The average molecular weight is 512 g/mol. The summed E-state index contributed by atoms with van der Waals surface area (Å²) in [4.78, 5) is 43.1. The molecule has 4 rings (SSSR count). The molecular weight excluding hydrogens is 478 g/mol. The number of carbonyl (C=O) groups is 3. The number of hydrogen-bond acceptors (Lipinski definition) is 4. The van der Waals surface area contributed by atoms with Crippen LogP contribution in [-0.4, -0.2) is 40.0 Å². The molecule has 0 aromatic heterocycles. The first-order valence-electron chi connectivity index (χ1n) is 12.9. The summed E-state index contributed by atoms with van der Waals surface area (Å²) in [7, 11) is 0. The summed E-state index contributed by atoms with van der Waals surface area (Å²) in [6, 6.07) is 14.6. The molecule has 1 saturated carbocycles. The Labute approximate surface area is 223 Å². The van der Waals surface area contributed by atoms with Crippen molar-refractivity contribution in [3.63, 3.8) is 0 Å². The van der Waals surface area contributed by atoms with Crippen LogP contribution in [0.15, 0.2) is 76.9 Å². The van der Waals surface area contributed by atoms with E-state index in [4.69, 9.17) is 10.1 Å². The number of carbonyl (C=O) groups excluding carboxylic acids is 2. The van der Waals surface area contributed by atoms with Gasteiger partial charge in [-0.3, -0.25) is 19.3 Å². The number of carboxylic acids is 1. The van der Waals surface area contributed by atoms with E-state index in [0.717, 1.165) is 11.1 Å². The summed E-state index contributed by atoms with van der Waals surface area (Å²) < 4.78 is 0. The van der Waals surface area contributed by atoms with E-state index in [1.54, 1.807) is 29.2 Å². The summed E-state index contributed by atoms with van der Waals surface area (Å²) in [6.45, 7) is 8.14. The Morgan fingerprint density at radius 3 is 2.53 bits per heavy atom. The molecule has 7 nitrogen and oxygen atoms in total. The summed E-state index contributed by atoms with van der Waals surface area (Å²) in [5.74, 6) is -0.571. The molecule has 2 N–H and O–H groups in total. The van der Waals surface area contributed by atoms with Crippen molar-refractivity contribution in [2.45, 2.75) is 58.9 Å². The number of carboxylic acid groups (broad SMARTS) is 1. The molecule has 196 valence electrons. The minimum Gasteiger partial charge on any atom is -0.481 e. The number of rotatable bonds is 8. The SMILES string of the molecule is C[C@H](c1ccc(C(=O)NCCC(=O)O)cc1)N1C(=O)C(c2cccc(C3CC3)c2)=NC1=C=C=CC(C)(C)C. The molecule has 2 aromatic rings. The first-order valence-corrected chi connectivity index (χ1v) is 12.9. The molecule has 38 heavy (non-hydrogen) atoms. The minimum atomic E-state index is -0.971. The molecule has 1 atom stereocenters. The Morgan fingerprint density at radius 1 is 1.18 bits per heavy atom. The van der Waals surface area contributed by atoms with E-state index >= 15 is 0 Å². The predicted octanol–water partition coefficient (Wildman–Crippen LogP) is 5.36. The second-order valence-electron chi connectivity index (χ2n) is 10.8. The van der Waals surface area contributed by atoms with Gasteiger partial charge in [-0.05, 0) is 72.2 Å². The average Bonchev–Trinajstić information content (AvgIpc) is 3.67. The zero-order valence-electron chi connectivity index (χ0n) is 22.2. The maximum Gasteiger partial charge on any atom is 0.305 e. The third-order valence-electron chi connectivity index (χ3n) is 6.43. The van der Waals surface area contributed by atoms with Gasteiger partial charge < -0.3 is 10.4 Å². The van der Waals surface area contributed by atoms with Crippen LogP contribution >= 0.6 is 0 Å². The Bertz CT molecular complexity index is 1380. The number of hydrogen-bond donors (Lipinski definition) is 2. The molecular formula is C31H33N3O4. The Kier molecular flexibility index (Phi) is 7.82. The summed E-state index contributed by atoms with van der Waals surface area (Å²) >= 11 is 0. The minimum absolute atomic E-state index is 0.0548. The third kappa shape index (κ3) is 6.57. The lowest BCUT2D eigenvalue weighted by atomic mass is 9.97. The van der Waals surface area contributed by atoms with E-state index in [0.29, 0.717) is 23.0 Å². The highest BCUT2D eigenvalue weighted by Gasteiger charge is 2.36. The molecule has 2 amide bonds. The van der Waals surface area contributed by atoms with Crippen LogP contribution in [0.2, 0.25) is 0 Å². The van der Waals surface area contributed by atoms with Crippen LogP contribution in [-0.2, 0) is 9.59 Å². The molecule has 1 aliphatic heterocycles. The number of benzene rings is 2. The molecule has 0 saturated heterocycles. The van der Waals surface area contributed by atoms with Crippen molar-refractivity contribution in [1.82, 2.24) is 10.2 Å². The van der Waals surface area contributed by atoms with Crippen LogP contribution in [0, 0.1) is 5.41 Å². The van der Waals surface area contributed by atoms with E-state index in [9.17, 15) is 14.4 Å². The van der Waals surface area contributed by atoms with Gasteiger partial charge in [-0.1, -0.05) is 56.8 Å². The summed E-state index contributed by atoms with van der Waals surface area (Å²) in [6.07, 6.45) is 4.10. The topological polar surface area (TPSA) is 99.1 Å². The predicted molar refractivity (Wildman–Crippen MR) is 146 cm³/mol. The Balaban J connectivity index is 1.63. The van der Waals surface area contributed by atoms with Crippen molar-refractivity contribution in [1.29, 1.82) is 0 Å². The quantitative estimate of drug-likeness (QED) is 0.466. The maximum absolute atomic E-state index is 13.7. The third-order valence-corrected chi connectivity index (χ3v) is 6.43. The van der Waals surface area contributed by atoms with Crippen LogP contribution < -0.4 is 5.32 Å². The normalized spacial score (nSPS) is 15.9. The van der Waals surface area contributed by atoms with Gasteiger partial charge in [-0.15, -0.1) is 0 Å². The number of amides is 2. The standard InChI is InChI=1S/C31H33N3O4/c1-20(21-10-14-23(15-11-21)29(37)32-18-16-27(35)36)34-26(9-6-17-31(2,3)4)33-28(30(34)38)25-8-5-7-24(19-25)22-12-13-22/h5,7-8,10-11,14-15,17,19-20,22H,12-13,16,18H2,1-4H3,(H,32,37)(H,35,36)/t20-/m1/s1. The van der Waals surface area contributed by atoms with Crippen molar-refractivity contribution in [3.05, 3.63) is 94.1 Å². The lowest BCUT2D eigenvalue weighted by Gasteiger charge is -2.24. The van der Waals surface area contributed by atoms with Gasteiger partial charge >= 0.3 is 5.97 Å². The largest absolute Gasteiger partial charge is 0.481 e. The highest BCUT2D eigenvalue weighted by molar-refractivity contribution is 6.47. The molecule has 1 fully saturated rings. The van der Waals surface area contributed by atoms with Gasteiger partial charge in [0.1, 0.15) is 5.71 Å². The van der Waals surface area contributed by atoms with E-state index in [2.05, 4.69) is 49.7 Å². The highest BCUT2D eigenvalue weighted by atomic mass is 16.4. The second kappa shape index (κ2) is 11.1. The molecule has 2 aliphatic rings. The van der Waals surface area contributed by atoms with Crippen LogP contribution in [0.4, 0.5) is 0 Å². The highest BCUT2D eigenvalue weighted by Crippen LogP contribution is 2.40. The smallest absolute Gasteiger partial charge is 0.305 e. The zero-order chi connectivity index (χ0) is 27.4. The molecule has 0 bridgehead atoms. The number of nitrogens with one attached hydrogen (secondary N) is 1. The Morgan fingerprint density at radius 2 is 1.89 bits per heavy atom. The van der Waals surface area contributed by atoms with Gasteiger partial charge in [0, 0.05) is 17.7 Å². The lowest BCUT2D eigenvalue weighted by molar-refractivity contribution is -0.136.